The van der Waals surface area contributed by atoms with Gasteiger partial charge < -0.3 is 5.11 Å². The second-order valence-corrected chi connectivity index (χ2v) is 4.14. The van der Waals surface area contributed by atoms with E-state index in [-0.39, 0.29) is 16.6 Å². The molecule has 1 aliphatic carbocycles. The highest BCUT2D eigenvalue weighted by Crippen LogP contribution is 2.32. The molecule has 0 unspecified atom stereocenters. The van der Waals surface area contributed by atoms with Crippen LogP contribution >= 0.6 is 23.4 Å². The summed E-state index contributed by atoms with van der Waals surface area (Å²) >= 11 is 6.88. The number of carbonyl (C=O) groups excluding carboxylic acids is 1. The minimum absolute atomic E-state index is 0.0289. The normalized spacial score (nSPS) is 17.8. The van der Waals surface area contributed by atoms with Gasteiger partial charge >= 0.3 is 5.97 Å². The van der Waals surface area contributed by atoms with Gasteiger partial charge in [0.25, 0.3) is 0 Å². The van der Waals surface area contributed by atoms with Gasteiger partial charge in [0.05, 0.1) is 10.8 Å². The third-order valence-corrected chi connectivity index (χ3v) is 3.37. The van der Waals surface area contributed by atoms with Crippen molar-refractivity contribution >= 4 is 35.1 Å². The third-order valence-electron chi connectivity index (χ3n) is 1.67. The molecule has 0 heterocycles. The number of carboxylic acid groups (broad SMARTS) is 1. The van der Waals surface area contributed by atoms with Crippen LogP contribution in [0.5, 0.6) is 0 Å². The van der Waals surface area contributed by atoms with Gasteiger partial charge in [-0.1, -0.05) is 11.6 Å². The summed E-state index contributed by atoms with van der Waals surface area (Å²) in [5.41, 5.74) is 0. The molecule has 13 heavy (non-hydrogen) atoms. The van der Waals surface area contributed by atoms with E-state index in [9.17, 15) is 9.59 Å². The average Bonchev–Trinajstić information content (AvgIpc) is 2.07. The number of Topliss-reactive ketones (excluding diaryl/α,β-unsaturated/α-hetero) is 1. The van der Waals surface area contributed by atoms with Gasteiger partial charge in [0.1, 0.15) is 0 Å². The molecule has 0 bridgehead atoms. The Bertz CT molecular complexity index is 273. The van der Waals surface area contributed by atoms with Crippen molar-refractivity contribution in [3.63, 3.8) is 0 Å². The van der Waals surface area contributed by atoms with Gasteiger partial charge in [-0.2, -0.15) is 0 Å². The minimum atomic E-state index is -0.889. The number of allylic oxidation sites excluding steroid dienone is 2. The molecule has 0 aliphatic heterocycles. The first kappa shape index (κ1) is 10.6. The van der Waals surface area contributed by atoms with Gasteiger partial charge in [-0.15, -0.1) is 11.8 Å². The van der Waals surface area contributed by atoms with E-state index >= 15 is 0 Å². The maximum Gasteiger partial charge on any atom is 0.313 e. The van der Waals surface area contributed by atoms with Crippen molar-refractivity contribution in [1.29, 1.82) is 0 Å². The molecule has 72 valence electrons. The second kappa shape index (κ2) is 4.67. The van der Waals surface area contributed by atoms with Crippen molar-refractivity contribution in [3.8, 4) is 0 Å². The molecule has 1 rings (SSSR count). The van der Waals surface area contributed by atoms with Crippen molar-refractivity contribution in [2.45, 2.75) is 19.3 Å². The quantitative estimate of drug-likeness (QED) is 0.791. The van der Waals surface area contributed by atoms with Crippen molar-refractivity contribution in [2.24, 2.45) is 0 Å². The van der Waals surface area contributed by atoms with Crippen LogP contribution in [-0.2, 0) is 9.59 Å². The highest BCUT2D eigenvalue weighted by atomic mass is 35.5. The molecule has 0 saturated heterocycles. The van der Waals surface area contributed by atoms with Crippen LogP contribution in [0, 0.1) is 0 Å². The van der Waals surface area contributed by atoms with Crippen LogP contribution in [0.3, 0.4) is 0 Å². The molecule has 0 radical (unpaired) electrons. The summed E-state index contributed by atoms with van der Waals surface area (Å²) < 4.78 is 0. The molecule has 1 N–H and O–H groups in total. The Labute approximate surface area is 85.1 Å². The van der Waals surface area contributed by atoms with Gasteiger partial charge in [-0.25, -0.2) is 0 Å². The number of halogens is 1. The fourth-order valence-electron chi connectivity index (χ4n) is 1.07. The molecule has 0 aromatic heterocycles. The zero-order chi connectivity index (χ0) is 9.84. The van der Waals surface area contributed by atoms with E-state index in [1.54, 1.807) is 0 Å². The summed E-state index contributed by atoms with van der Waals surface area (Å²) in [6.45, 7) is 0. The first-order chi connectivity index (χ1) is 6.11. The molecule has 0 saturated carbocycles. The summed E-state index contributed by atoms with van der Waals surface area (Å²) in [7, 11) is 0. The maximum atomic E-state index is 11.1. The molecule has 0 fully saturated rings. The summed E-state index contributed by atoms with van der Waals surface area (Å²) in [6.07, 6.45) is 1.98. The molecule has 0 atom stereocenters. The lowest BCUT2D eigenvalue weighted by Crippen LogP contribution is -2.07. The molecule has 0 aromatic rings. The molecular weight excluding hydrogens is 212 g/mol. The zero-order valence-corrected chi connectivity index (χ0v) is 8.45. The number of carboxylic acids is 1. The summed E-state index contributed by atoms with van der Waals surface area (Å²) in [6, 6.07) is 0. The third kappa shape index (κ3) is 3.04. The van der Waals surface area contributed by atoms with Gasteiger partial charge in [-0.3, -0.25) is 9.59 Å². The van der Waals surface area contributed by atoms with Crippen LogP contribution in [0.2, 0.25) is 0 Å². The van der Waals surface area contributed by atoms with Gasteiger partial charge in [0.2, 0.25) is 0 Å². The Hall–Kier alpha value is -0.480. The molecular formula is C8H9ClO3S. The Morgan fingerprint density at radius 2 is 2.23 bits per heavy atom. The first-order valence-corrected chi connectivity index (χ1v) is 5.24. The number of thioether (sulfide) groups is 1. The van der Waals surface area contributed by atoms with E-state index in [2.05, 4.69) is 0 Å². The zero-order valence-electron chi connectivity index (χ0n) is 6.88. The molecule has 0 spiro atoms. The van der Waals surface area contributed by atoms with Gasteiger partial charge in [-0.05, 0) is 12.8 Å². The average molecular weight is 221 g/mol. The minimum Gasteiger partial charge on any atom is -0.481 e. The highest BCUT2D eigenvalue weighted by molar-refractivity contribution is 8.03. The van der Waals surface area contributed by atoms with E-state index < -0.39 is 5.97 Å². The van der Waals surface area contributed by atoms with Crippen molar-refractivity contribution in [3.05, 3.63) is 9.94 Å². The molecule has 3 nitrogen and oxygen atoms in total. The molecule has 5 heteroatoms. The number of aliphatic carboxylic acids is 1. The number of carbonyl (C=O) groups is 2. The lowest BCUT2D eigenvalue weighted by atomic mass is 10.1. The smallest absolute Gasteiger partial charge is 0.313 e. The van der Waals surface area contributed by atoms with E-state index in [0.717, 1.165) is 29.5 Å². The topological polar surface area (TPSA) is 54.4 Å². The fourth-order valence-corrected chi connectivity index (χ4v) is 2.25. The Kier molecular flexibility index (Phi) is 3.81. The lowest BCUT2D eigenvalue weighted by Gasteiger charge is -2.13. The van der Waals surface area contributed by atoms with Crippen LogP contribution in [0.1, 0.15) is 19.3 Å². The summed E-state index contributed by atoms with van der Waals surface area (Å²) in [4.78, 5) is 22.1. The predicted octanol–water partition coefficient (Wildman–Crippen LogP) is 2.01. The van der Waals surface area contributed by atoms with E-state index in [0.29, 0.717) is 6.42 Å². The van der Waals surface area contributed by atoms with Crippen LogP contribution in [0.15, 0.2) is 9.94 Å². The Morgan fingerprint density at radius 3 is 2.85 bits per heavy atom. The number of ketones is 1. The molecule has 0 amide bonds. The van der Waals surface area contributed by atoms with Crippen LogP contribution < -0.4 is 0 Å². The van der Waals surface area contributed by atoms with Gasteiger partial charge in [0, 0.05) is 11.3 Å². The fraction of sp³-hybridized carbons (Fsp3) is 0.500. The van der Waals surface area contributed by atoms with Crippen LogP contribution in [0.4, 0.5) is 0 Å². The first-order valence-electron chi connectivity index (χ1n) is 3.87. The number of hydrogen-bond donors (Lipinski definition) is 1. The van der Waals surface area contributed by atoms with Crippen LogP contribution in [0.25, 0.3) is 0 Å². The van der Waals surface area contributed by atoms with E-state index in [1.165, 1.54) is 0 Å². The van der Waals surface area contributed by atoms with Crippen molar-refractivity contribution in [1.82, 2.24) is 0 Å². The van der Waals surface area contributed by atoms with Crippen molar-refractivity contribution in [2.75, 3.05) is 5.75 Å². The Balaban J connectivity index is 2.61. The number of rotatable bonds is 3. The van der Waals surface area contributed by atoms with Crippen molar-refractivity contribution < 1.29 is 14.7 Å². The summed E-state index contributed by atoms with van der Waals surface area (Å²) in [5, 5.41) is 8.66. The van der Waals surface area contributed by atoms with E-state index in [4.69, 9.17) is 16.7 Å². The molecule has 0 aromatic carbocycles. The SMILES string of the molecule is O=C(O)CSC1=C(Cl)C(=O)CCC1. The number of hydrogen-bond acceptors (Lipinski definition) is 3. The predicted molar refractivity (Wildman–Crippen MR) is 51.8 cm³/mol. The second-order valence-electron chi connectivity index (χ2n) is 2.70. The maximum absolute atomic E-state index is 11.1. The van der Waals surface area contributed by atoms with Crippen LogP contribution in [-0.4, -0.2) is 22.6 Å². The molecule has 1 aliphatic rings. The lowest BCUT2D eigenvalue weighted by molar-refractivity contribution is -0.133. The van der Waals surface area contributed by atoms with E-state index in [1.807, 2.05) is 0 Å². The Morgan fingerprint density at radius 1 is 1.54 bits per heavy atom. The highest BCUT2D eigenvalue weighted by Gasteiger charge is 2.19. The largest absolute Gasteiger partial charge is 0.481 e. The van der Waals surface area contributed by atoms with Gasteiger partial charge in [0.15, 0.2) is 5.78 Å². The standard InChI is InChI=1S/C8H9ClO3S/c9-8-5(10)2-1-3-6(8)13-4-7(11)12/h1-4H2,(H,11,12). The monoisotopic (exact) mass is 220 g/mol. The summed E-state index contributed by atoms with van der Waals surface area (Å²) in [5.74, 6) is -0.987.